The van der Waals surface area contributed by atoms with Crippen molar-refractivity contribution in [3.63, 3.8) is 0 Å². The Morgan fingerprint density at radius 2 is 1.48 bits per heavy atom. The molecule has 5 fully saturated rings. The van der Waals surface area contributed by atoms with E-state index in [1.807, 2.05) is 0 Å². The second-order valence-electron chi connectivity index (χ2n) is 14.7. The molecule has 0 aliphatic heterocycles. The van der Waals surface area contributed by atoms with E-state index < -0.39 is 0 Å². The van der Waals surface area contributed by atoms with Gasteiger partial charge in [-0.05, 0) is 121 Å². The van der Waals surface area contributed by atoms with E-state index >= 15 is 0 Å². The van der Waals surface area contributed by atoms with Gasteiger partial charge in [0.05, 0.1) is 6.10 Å². The van der Waals surface area contributed by atoms with Crippen molar-refractivity contribution in [2.45, 2.75) is 119 Å². The van der Waals surface area contributed by atoms with Crippen molar-refractivity contribution in [2.75, 3.05) is 0 Å². The van der Waals surface area contributed by atoms with Gasteiger partial charge in [-0.25, -0.2) is 0 Å². The predicted octanol–water partition coefficient (Wildman–Crippen LogP) is 8.02. The minimum absolute atomic E-state index is 0.0623. The highest BCUT2D eigenvalue weighted by atomic mass is 16.3. The number of aliphatic hydroxyl groups excluding tert-OH is 1. The SMILES string of the molecule is C=C1CC[C@]2(C)CC[C@]3(C)[C@H](CC[C@@H]4[C@]5(C)CC[C@@H](O)C(C)(C)[C@@H]5CC[C@]43C)[C@H]2[C@@H]1C. The fraction of sp³-hybridized carbons (Fsp3) is 0.933. The largest absolute Gasteiger partial charge is 0.393 e. The molecule has 5 aliphatic carbocycles. The molecule has 1 nitrogen and oxygen atoms in total. The quantitative estimate of drug-likeness (QED) is 0.389. The Labute approximate surface area is 192 Å². The molecule has 176 valence electrons. The summed E-state index contributed by atoms with van der Waals surface area (Å²) in [5, 5.41) is 10.9. The highest BCUT2D eigenvalue weighted by Crippen LogP contribution is 2.76. The fourth-order valence-corrected chi connectivity index (χ4v) is 11.4. The molecule has 5 rings (SSSR count). The molecule has 0 amide bonds. The van der Waals surface area contributed by atoms with Crippen LogP contribution in [0.3, 0.4) is 0 Å². The normalized spacial score (nSPS) is 58.5. The zero-order valence-corrected chi connectivity index (χ0v) is 21.7. The second kappa shape index (κ2) is 6.64. The summed E-state index contributed by atoms with van der Waals surface area (Å²) in [6.07, 6.45) is 13.2. The molecule has 5 aliphatic rings. The zero-order chi connectivity index (χ0) is 22.6. The van der Waals surface area contributed by atoms with Crippen LogP contribution in [-0.2, 0) is 0 Å². The molecule has 0 heterocycles. The van der Waals surface area contributed by atoms with Crippen LogP contribution in [0.4, 0.5) is 0 Å². The summed E-state index contributed by atoms with van der Waals surface area (Å²) in [4.78, 5) is 0. The number of hydrogen-bond acceptors (Lipinski definition) is 1. The van der Waals surface area contributed by atoms with Gasteiger partial charge >= 0.3 is 0 Å². The van der Waals surface area contributed by atoms with Crippen LogP contribution in [0.25, 0.3) is 0 Å². The fourth-order valence-electron chi connectivity index (χ4n) is 11.4. The van der Waals surface area contributed by atoms with E-state index in [-0.39, 0.29) is 11.5 Å². The minimum atomic E-state index is -0.119. The Kier molecular flexibility index (Phi) is 4.82. The number of rotatable bonds is 0. The summed E-state index contributed by atoms with van der Waals surface area (Å²) in [7, 11) is 0. The summed E-state index contributed by atoms with van der Waals surface area (Å²) in [5.41, 5.74) is 3.43. The summed E-state index contributed by atoms with van der Waals surface area (Å²) >= 11 is 0. The third-order valence-electron chi connectivity index (χ3n) is 13.6. The second-order valence-corrected chi connectivity index (χ2v) is 14.7. The van der Waals surface area contributed by atoms with Crippen molar-refractivity contribution in [3.8, 4) is 0 Å². The first-order valence-corrected chi connectivity index (χ1v) is 13.7. The van der Waals surface area contributed by atoms with Gasteiger partial charge in [0.1, 0.15) is 0 Å². The van der Waals surface area contributed by atoms with Gasteiger partial charge < -0.3 is 5.11 Å². The molecule has 0 spiro atoms. The van der Waals surface area contributed by atoms with Gasteiger partial charge in [-0.15, -0.1) is 0 Å². The zero-order valence-electron chi connectivity index (χ0n) is 21.7. The van der Waals surface area contributed by atoms with Gasteiger partial charge in [-0.2, -0.15) is 0 Å². The number of hydrogen-bond donors (Lipinski definition) is 1. The number of allylic oxidation sites excluding steroid dienone is 1. The molecule has 0 aromatic rings. The molecule has 31 heavy (non-hydrogen) atoms. The average molecular weight is 427 g/mol. The lowest BCUT2D eigenvalue weighted by molar-refractivity contribution is -0.251. The maximum Gasteiger partial charge on any atom is 0.0594 e. The van der Waals surface area contributed by atoms with E-state index in [0.29, 0.717) is 33.5 Å². The van der Waals surface area contributed by atoms with Crippen LogP contribution in [0.1, 0.15) is 113 Å². The van der Waals surface area contributed by atoms with Gasteiger partial charge in [0.15, 0.2) is 0 Å². The first kappa shape index (κ1) is 22.5. The Hall–Kier alpha value is -0.300. The average Bonchev–Trinajstić information content (AvgIpc) is 2.69. The van der Waals surface area contributed by atoms with E-state index in [1.54, 1.807) is 0 Å². The smallest absolute Gasteiger partial charge is 0.0594 e. The Balaban J connectivity index is 1.54. The Morgan fingerprint density at radius 1 is 0.774 bits per heavy atom. The molecule has 0 aromatic carbocycles. The van der Waals surface area contributed by atoms with Crippen molar-refractivity contribution in [1.29, 1.82) is 0 Å². The molecule has 0 saturated heterocycles. The topological polar surface area (TPSA) is 20.2 Å². The van der Waals surface area contributed by atoms with Crippen LogP contribution >= 0.6 is 0 Å². The Morgan fingerprint density at radius 3 is 2.19 bits per heavy atom. The van der Waals surface area contributed by atoms with E-state index in [9.17, 15) is 5.11 Å². The molecule has 0 aromatic heterocycles. The van der Waals surface area contributed by atoms with Crippen molar-refractivity contribution >= 4 is 0 Å². The van der Waals surface area contributed by atoms with Crippen molar-refractivity contribution in [2.24, 2.45) is 56.7 Å². The highest BCUT2D eigenvalue weighted by Gasteiger charge is 2.69. The van der Waals surface area contributed by atoms with E-state index in [2.05, 4.69) is 55.0 Å². The van der Waals surface area contributed by atoms with Crippen LogP contribution in [0.15, 0.2) is 12.2 Å². The van der Waals surface area contributed by atoms with Crippen LogP contribution in [0.5, 0.6) is 0 Å². The summed E-state index contributed by atoms with van der Waals surface area (Å²) < 4.78 is 0. The molecule has 0 unspecified atom stereocenters. The monoisotopic (exact) mass is 426 g/mol. The first-order valence-electron chi connectivity index (χ1n) is 13.7. The first-order chi connectivity index (χ1) is 14.3. The van der Waals surface area contributed by atoms with Gasteiger partial charge in [-0.3, -0.25) is 0 Å². The van der Waals surface area contributed by atoms with Crippen molar-refractivity contribution in [1.82, 2.24) is 0 Å². The molecular weight excluding hydrogens is 376 g/mol. The lowest BCUT2D eigenvalue weighted by Crippen LogP contribution is -2.67. The van der Waals surface area contributed by atoms with Crippen LogP contribution in [-0.4, -0.2) is 11.2 Å². The molecule has 1 N–H and O–H groups in total. The molecular formula is C30H50O. The molecule has 1 heteroatoms. The standard InChI is InChI=1S/C30H50O/c1-19-11-14-27(5)17-18-29(7)21(25(27)20(19)2)9-10-23-28(6)15-13-24(31)26(3,4)22(28)12-16-30(23,29)8/h20-25,31H,1,9-18H2,2-8H3/t20-,21-,22+,23-,24-,25-,27-,28-,29-,30-/m1/s1. The third kappa shape index (κ3) is 2.65. The summed E-state index contributed by atoms with van der Waals surface area (Å²) in [5.74, 6) is 3.88. The predicted molar refractivity (Wildman–Crippen MR) is 131 cm³/mol. The molecule has 0 bridgehead atoms. The molecule has 10 atom stereocenters. The lowest BCUT2D eigenvalue weighted by Gasteiger charge is -2.73. The van der Waals surface area contributed by atoms with E-state index in [1.165, 1.54) is 63.4 Å². The van der Waals surface area contributed by atoms with E-state index in [0.717, 1.165) is 24.2 Å². The Bertz CT molecular complexity index is 766. The summed E-state index contributed by atoms with van der Waals surface area (Å²) in [6.45, 7) is 22.6. The maximum atomic E-state index is 10.9. The molecule has 5 saturated carbocycles. The van der Waals surface area contributed by atoms with Crippen molar-refractivity contribution in [3.05, 3.63) is 12.2 Å². The maximum absolute atomic E-state index is 10.9. The number of fused-ring (bicyclic) bond motifs is 7. The van der Waals surface area contributed by atoms with Gasteiger partial charge in [0.2, 0.25) is 0 Å². The van der Waals surface area contributed by atoms with Gasteiger partial charge in [0, 0.05) is 0 Å². The summed E-state index contributed by atoms with van der Waals surface area (Å²) in [6, 6.07) is 0. The highest BCUT2D eigenvalue weighted by molar-refractivity contribution is 5.21. The van der Waals surface area contributed by atoms with Gasteiger partial charge in [-0.1, -0.05) is 60.6 Å². The van der Waals surface area contributed by atoms with Crippen molar-refractivity contribution < 1.29 is 5.11 Å². The van der Waals surface area contributed by atoms with Gasteiger partial charge in [0.25, 0.3) is 0 Å². The van der Waals surface area contributed by atoms with Crippen LogP contribution in [0, 0.1) is 56.7 Å². The van der Waals surface area contributed by atoms with Crippen LogP contribution < -0.4 is 0 Å². The van der Waals surface area contributed by atoms with E-state index in [4.69, 9.17) is 0 Å². The number of aliphatic hydroxyl groups is 1. The third-order valence-corrected chi connectivity index (χ3v) is 13.6. The minimum Gasteiger partial charge on any atom is -0.393 e. The lowest BCUT2D eigenvalue weighted by atomic mass is 9.31. The van der Waals surface area contributed by atoms with Crippen LogP contribution in [0.2, 0.25) is 0 Å². The molecule has 0 radical (unpaired) electrons.